The number of nitrogens with zero attached hydrogens (tertiary/aromatic N) is 1. The van der Waals surface area contributed by atoms with Gasteiger partial charge in [0, 0.05) is 12.2 Å². The Bertz CT molecular complexity index is 591. The first kappa shape index (κ1) is 15.9. The van der Waals surface area contributed by atoms with Gasteiger partial charge in [0.2, 0.25) is 11.8 Å². The van der Waals surface area contributed by atoms with Gasteiger partial charge in [0.05, 0.1) is 0 Å². The lowest BCUT2D eigenvalue weighted by Crippen LogP contribution is -2.46. The highest BCUT2D eigenvalue weighted by atomic mass is 19.1. The van der Waals surface area contributed by atoms with E-state index in [9.17, 15) is 23.2 Å². The standard InChI is InChI=1S/C14H14F2N2O4/c15-7-11(14(21)22)17-12(19)10-5-6-18(13(10)20)9-3-1-8(16)2-4-9/h1-4,10-11H,5-7H2,(H,17,19)(H,21,22). The number of aliphatic carboxylic acids is 1. The zero-order chi connectivity index (χ0) is 16.3. The first-order valence-corrected chi connectivity index (χ1v) is 6.60. The van der Waals surface area contributed by atoms with Crippen LogP contribution in [0.15, 0.2) is 24.3 Å². The average molecular weight is 312 g/mol. The molecule has 1 fully saturated rings. The van der Waals surface area contributed by atoms with Crippen LogP contribution < -0.4 is 10.2 Å². The van der Waals surface area contributed by atoms with Crippen molar-refractivity contribution in [3.05, 3.63) is 30.1 Å². The fourth-order valence-electron chi connectivity index (χ4n) is 2.24. The van der Waals surface area contributed by atoms with Crippen molar-refractivity contribution in [2.45, 2.75) is 12.5 Å². The normalized spacial score (nSPS) is 19.1. The number of hydrogen-bond donors (Lipinski definition) is 2. The van der Waals surface area contributed by atoms with Crippen molar-refractivity contribution in [1.82, 2.24) is 5.32 Å². The molecule has 6 nitrogen and oxygen atoms in total. The molecular weight excluding hydrogens is 298 g/mol. The van der Waals surface area contributed by atoms with E-state index >= 15 is 0 Å². The minimum absolute atomic E-state index is 0.181. The summed E-state index contributed by atoms with van der Waals surface area (Å²) in [5.74, 6) is -4.36. The highest BCUT2D eigenvalue weighted by Crippen LogP contribution is 2.25. The fraction of sp³-hybridized carbons (Fsp3) is 0.357. The topological polar surface area (TPSA) is 86.7 Å². The maximum absolute atomic E-state index is 12.9. The number of alkyl halides is 1. The summed E-state index contributed by atoms with van der Waals surface area (Å²) in [6.07, 6.45) is 0.181. The molecule has 0 radical (unpaired) electrons. The van der Waals surface area contributed by atoms with E-state index in [1.165, 1.54) is 29.2 Å². The Hall–Kier alpha value is -2.51. The van der Waals surface area contributed by atoms with Gasteiger partial charge in [-0.15, -0.1) is 0 Å². The van der Waals surface area contributed by atoms with Gasteiger partial charge in [0.1, 0.15) is 18.4 Å². The van der Waals surface area contributed by atoms with Crippen molar-refractivity contribution in [1.29, 1.82) is 0 Å². The Kier molecular flexibility index (Phi) is 4.69. The molecule has 2 rings (SSSR count). The zero-order valence-electron chi connectivity index (χ0n) is 11.5. The van der Waals surface area contributed by atoms with Gasteiger partial charge >= 0.3 is 5.97 Å². The van der Waals surface area contributed by atoms with Crippen molar-refractivity contribution in [3.63, 3.8) is 0 Å². The molecule has 0 saturated carbocycles. The third-order valence-corrected chi connectivity index (χ3v) is 3.43. The van der Waals surface area contributed by atoms with E-state index in [-0.39, 0.29) is 13.0 Å². The first-order valence-electron chi connectivity index (χ1n) is 6.60. The van der Waals surface area contributed by atoms with Crippen LogP contribution in [-0.2, 0) is 14.4 Å². The number of hydrogen-bond acceptors (Lipinski definition) is 3. The van der Waals surface area contributed by atoms with Crippen LogP contribution in [0.1, 0.15) is 6.42 Å². The Labute approximate surface area is 124 Å². The third kappa shape index (κ3) is 3.21. The molecule has 2 amide bonds. The molecular formula is C14H14F2N2O4. The van der Waals surface area contributed by atoms with Gasteiger partial charge in [-0.25, -0.2) is 13.6 Å². The lowest BCUT2D eigenvalue weighted by Gasteiger charge is -2.17. The molecule has 2 unspecified atom stereocenters. The maximum atomic E-state index is 12.9. The highest BCUT2D eigenvalue weighted by Gasteiger charge is 2.38. The molecule has 1 aliphatic heterocycles. The number of nitrogens with one attached hydrogen (secondary N) is 1. The summed E-state index contributed by atoms with van der Waals surface area (Å²) < 4.78 is 25.4. The molecule has 8 heteroatoms. The minimum Gasteiger partial charge on any atom is -0.480 e. The number of carboxylic acids is 1. The van der Waals surface area contributed by atoms with E-state index in [1.54, 1.807) is 0 Å². The van der Waals surface area contributed by atoms with Crippen molar-refractivity contribution in [3.8, 4) is 0 Å². The molecule has 2 N–H and O–H groups in total. The Morgan fingerprint density at radius 2 is 2.00 bits per heavy atom. The summed E-state index contributed by atoms with van der Waals surface area (Å²) >= 11 is 0. The molecule has 1 aromatic carbocycles. The predicted molar refractivity (Wildman–Crippen MR) is 72.4 cm³/mol. The van der Waals surface area contributed by atoms with Gasteiger partial charge in [-0.05, 0) is 30.7 Å². The molecule has 1 aliphatic rings. The predicted octanol–water partition coefficient (Wildman–Crippen LogP) is 0.717. The van der Waals surface area contributed by atoms with E-state index in [0.29, 0.717) is 5.69 Å². The number of benzene rings is 1. The van der Waals surface area contributed by atoms with E-state index in [0.717, 1.165) is 0 Å². The maximum Gasteiger partial charge on any atom is 0.328 e. The molecule has 0 aliphatic carbocycles. The molecule has 0 spiro atoms. The Balaban J connectivity index is 2.06. The van der Waals surface area contributed by atoms with Gasteiger partial charge in [-0.1, -0.05) is 0 Å². The number of anilines is 1. The number of halogens is 2. The van der Waals surface area contributed by atoms with E-state index in [4.69, 9.17) is 5.11 Å². The van der Waals surface area contributed by atoms with Gasteiger partial charge in [-0.2, -0.15) is 0 Å². The van der Waals surface area contributed by atoms with Crippen molar-refractivity contribution >= 4 is 23.5 Å². The van der Waals surface area contributed by atoms with Crippen LogP contribution in [-0.4, -0.2) is 42.2 Å². The number of rotatable bonds is 5. The highest BCUT2D eigenvalue weighted by molar-refractivity contribution is 6.10. The minimum atomic E-state index is -1.67. The average Bonchev–Trinajstić information content (AvgIpc) is 2.87. The Morgan fingerprint density at radius 3 is 2.55 bits per heavy atom. The number of amides is 2. The monoisotopic (exact) mass is 312 g/mol. The number of carbonyl (C=O) groups is 3. The lowest BCUT2D eigenvalue weighted by molar-refractivity contribution is -0.144. The van der Waals surface area contributed by atoms with E-state index in [2.05, 4.69) is 0 Å². The second kappa shape index (κ2) is 6.50. The quantitative estimate of drug-likeness (QED) is 0.784. The van der Waals surface area contributed by atoms with Gasteiger partial charge < -0.3 is 15.3 Å². The van der Waals surface area contributed by atoms with Crippen LogP contribution in [0.5, 0.6) is 0 Å². The SMILES string of the molecule is O=C(O)C(CF)NC(=O)C1CCN(c2ccc(F)cc2)C1=O. The van der Waals surface area contributed by atoms with Crippen molar-refractivity contribution < 1.29 is 28.3 Å². The third-order valence-electron chi connectivity index (χ3n) is 3.43. The Morgan fingerprint density at radius 1 is 1.36 bits per heavy atom. The van der Waals surface area contributed by atoms with E-state index < -0.39 is 42.2 Å². The second-order valence-electron chi connectivity index (χ2n) is 4.86. The molecule has 0 aromatic heterocycles. The summed E-state index contributed by atoms with van der Waals surface area (Å²) in [6.45, 7) is -1.01. The second-order valence-corrected chi connectivity index (χ2v) is 4.86. The summed E-state index contributed by atoms with van der Waals surface area (Å²) in [5, 5.41) is 10.7. The molecule has 118 valence electrons. The van der Waals surface area contributed by atoms with Crippen LogP contribution in [0, 0.1) is 11.7 Å². The lowest BCUT2D eigenvalue weighted by atomic mass is 10.1. The summed E-state index contributed by atoms with van der Waals surface area (Å²) in [7, 11) is 0. The first-order chi connectivity index (χ1) is 10.4. The molecule has 2 atom stereocenters. The van der Waals surface area contributed by atoms with Gasteiger partial charge in [-0.3, -0.25) is 9.59 Å². The van der Waals surface area contributed by atoms with Crippen LogP contribution in [0.2, 0.25) is 0 Å². The van der Waals surface area contributed by atoms with Crippen molar-refractivity contribution in [2.24, 2.45) is 5.92 Å². The molecule has 1 aromatic rings. The van der Waals surface area contributed by atoms with Gasteiger partial charge in [0.15, 0.2) is 6.04 Å². The smallest absolute Gasteiger partial charge is 0.328 e. The zero-order valence-corrected chi connectivity index (χ0v) is 11.5. The van der Waals surface area contributed by atoms with Crippen molar-refractivity contribution in [2.75, 3.05) is 18.1 Å². The summed E-state index contributed by atoms with van der Waals surface area (Å²) in [5.41, 5.74) is 0.446. The number of carbonyl (C=O) groups excluding carboxylic acids is 2. The van der Waals surface area contributed by atoms with E-state index in [1.807, 2.05) is 5.32 Å². The largest absolute Gasteiger partial charge is 0.480 e. The van der Waals surface area contributed by atoms with Gasteiger partial charge in [0.25, 0.3) is 0 Å². The molecule has 1 saturated heterocycles. The van der Waals surface area contributed by atoms with Crippen LogP contribution >= 0.6 is 0 Å². The summed E-state index contributed by atoms with van der Waals surface area (Å²) in [4.78, 5) is 36.1. The fourth-order valence-corrected chi connectivity index (χ4v) is 2.24. The summed E-state index contributed by atoms with van der Waals surface area (Å²) in [6, 6.07) is 3.55. The molecule has 22 heavy (non-hydrogen) atoms. The van der Waals surface area contributed by atoms with Crippen LogP contribution in [0.25, 0.3) is 0 Å². The number of carboxylic acid groups (broad SMARTS) is 1. The van der Waals surface area contributed by atoms with Crippen LogP contribution in [0.4, 0.5) is 14.5 Å². The molecule has 1 heterocycles. The molecule has 0 bridgehead atoms. The van der Waals surface area contributed by atoms with Crippen LogP contribution in [0.3, 0.4) is 0 Å².